The lowest BCUT2D eigenvalue weighted by molar-refractivity contribution is 0.404. The zero-order valence-corrected chi connectivity index (χ0v) is 9.54. The van der Waals surface area contributed by atoms with E-state index in [4.69, 9.17) is 0 Å². The molecule has 3 unspecified atom stereocenters. The molecule has 3 atom stereocenters. The third kappa shape index (κ3) is 2.40. The Kier molecular flexibility index (Phi) is 3.67. The van der Waals surface area contributed by atoms with Crippen molar-refractivity contribution in [2.24, 2.45) is 17.8 Å². The van der Waals surface area contributed by atoms with Gasteiger partial charge in [0.05, 0.1) is 0 Å². The van der Waals surface area contributed by atoms with Crippen LogP contribution in [0.15, 0.2) is 12.2 Å². The van der Waals surface area contributed by atoms with Gasteiger partial charge in [0.25, 0.3) is 0 Å². The molecule has 2 aliphatic carbocycles. The second-order valence-electron chi connectivity index (χ2n) is 5.27. The number of unbranched alkanes of at least 4 members (excludes halogenated alkanes) is 3. The van der Waals surface area contributed by atoms with Gasteiger partial charge in [-0.25, -0.2) is 0 Å². The average Bonchev–Trinajstić information content (AvgIpc) is 2.49. The monoisotopic (exact) mass is 192 g/mol. The second-order valence-corrected chi connectivity index (χ2v) is 5.27. The molecule has 1 fully saturated rings. The van der Waals surface area contributed by atoms with Gasteiger partial charge in [-0.1, -0.05) is 44.8 Å². The van der Waals surface area contributed by atoms with Gasteiger partial charge in [0, 0.05) is 0 Å². The lowest BCUT2D eigenvalue weighted by Gasteiger charge is -2.16. The highest BCUT2D eigenvalue weighted by Crippen LogP contribution is 2.44. The van der Waals surface area contributed by atoms with Crippen molar-refractivity contribution in [1.82, 2.24) is 0 Å². The summed E-state index contributed by atoms with van der Waals surface area (Å²) >= 11 is 0. The molecular weight excluding hydrogens is 168 g/mol. The lowest BCUT2D eigenvalue weighted by Crippen LogP contribution is -2.05. The van der Waals surface area contributed by atoms with E-state index in [-0.39, 0.29) is 0 Å². The summed E-state index contributed by atoms with van der Waals surface area (Å²) in [4.78, 5) is 0. The highest BCUT2D eigenvalue weighted by Gasteiger charge is 2.33. The van der Waals surface area contributed by atoms with Crippen molar-refractivity contribution in [3.63, 3.8) is 0 Å². The first-order valence-corrected chi connectivity index (χ1v) is 6.56. The standard InChI is InChI=1S/C14H24/c1-2-3-4-5-8-13-10-12-7-6-9-14(13)11-12/h6,9,12-14H,2-5,7-8,10-11H2,1H3. The van der Waals surface area contributed by atoms with Crippen LogP contribution >= 0.6 is 0 Å². The molecule has 0 saturated heterocycles. The molecule has 0 nitrogen and oxygen atoms in total. The van der Waals surface area contributed by atoms with E-state index in [9.17, 15) is 0 Å². The van der Waals surface area contributed by atoms with Gasteiger partial charge in [0.2, 0.25) is 0 Å². The van der Waals surface area contributed by atoms with Gasteiger partial charge >= 0.3 is 0 Å². The van der Waals surface area contributed by atoms with Crippen molar-refractivity contribution in [3.05, 3.63) is 12.2 Å². The van der Waals surface area contributed by atoms with Gasteiger partial charge in [0.1, 0.15) is 0 Å². The molecule has 0 N–H and O–H groups in total. The lowest BCUT2D eigenvalue weighted by atomic mass is 9.90. The fourth-order valence-corrected chi connectivity index (χ4v) is 3.32. The molecule has 0 aromatic rings. The minimum atomic E-state index is 0.968. The molecular formula is C14H24. The Balaban J connectivity index is 1.69. The van der Waals surface area contributed by atoms with Crippen LogP contribution in [0.5, 0.6) is 0 Å². The summed E-state index contributed by atoms with van der Waals surface area (Å²) in [5.74, 6) is 3.08. The summed E-state index contributed by atoms with van der Waals surface area (Å²) in [7, 11) is 0. The van der Waals surface area contributed by atoms with E-state index in [1.165, 1.54) is 51.4 Å². The van der Waals surface area contributed by atoms with E-state index in [1.807, 2.05) is 0 Å². The second kappa shape index (κ2) is 5.00. The fraction of sp³-hybridized carbons (Fsp3) is 0.857. The Bertz CT molecular complexity index is 192. The fourth-order valence-electron chi connectivity index (χ4n) is 3.32. The molecule has 0 spiro atoms. The zero-order chi connectivity index (χ0) is 9.80. The molecule has 2 bridgehead atoms. The van der Waals surface area contributed by atoms with Crippen molar-refractivity contribution in [2.75, 3.05) is 0 Å². The highest BCUT2D eigenvalue weighted by molar-refractivity contribution is 5.03. The van der Waals surface area contributed by atoms with Crippen LogP contribution in [0.1, 0.15) is 58.3 Å². The molecule has 14 heavy (non-hydrogen) atoms. The van der Waals surface area contributed by atoms with E-state index in [0.717, 1.165) is 17.8 Å². The average molecular weight is 192 g/mol. The summed E-state index contributed by atoms with van der Waals surface area (Å²) in [6, 6.07) is 0. The summed E-state index contributed by atoms with van der Waals surface area (Å²) in [6.07, 6.45) is 16.6. The molecule has 2 aliphatic rings. The maximum atomic E-state index is 2.51. The number of fused-ring (bicyclic) bond motifs is 2. The molecule has 2 rings (SSSR count). The molecule has 0 amide bonds. The maximum Gasteiger partial charge on any atom is -0.0202 e. The van der Waals surface area contributed by atoms with Crippen molar-refractivity contribution in [3.8, 4) is 0 Å². The quantitative estimate of drug-likeness (QED) is 0.442. The van der Waals surface area contributed by atoms with Crippen molar-refractivity contribution < 1.29 is 0 Å². The van der Waals surface area contributed by atoms with Gasteiger partial charge in [-0.3, -0.25) is 0 Å². The third-order valence-electron chi connectivity index (χ3n) is 4.13. The first-order valence-electron chi connectivity index (χ1n) is 6.56. The topological polar surface area (TPSA) is 0 Å². The Morgan fingerprint density at radius 2 is 2.07 bits per heavy atom. The van der Waals surface area contributed by atoms with Crippen LogP contribution in [-0.2, 0) is 0 Å². The first kappa shape index (κ1) is 10.3. The van der Waals surface area contributed by atoms with Crippen LogP contribution in [0.25, 0.3) is 0 Å². The summed E-state index contributed by atoms with van der Waals surface area (Å²) in [6.45, 7) is 2.30. The minimum Gasteiger partial charge on any atom is -0.0880 e. The van der Waals surface area contributed by atoms with Crippen LogP contribution in [0.2, 0.25) is 0 Å². The summed E-state index contributed by atoms with van der Waals surface area (Å²) in [5.41, 5.74) is 0. The van der Waals surface area contributed by atoms with E-state index in [1.54, 1.807) is 0 Å². The SMILES string of the molecule is CCCCCCC1CC2CC=CC1C2. The maximum absolute atomic E-state index is 2.51. The van der Waals surface area contributed by atoms with E-state index in [0.29, 0.717) is 0 Å². The zero-order valence-electron chi connectivity index (χ0n) is 9.54. The summed E-state index contributed by atoms with van der Waals surface area (Å²) in [5, 5.41) is 0. The van der Waals surface area contributed by atoms with Gasteiger partial charge < -0.3 is 0 Å². The van der Waals surface area contributed by atoms with Gasteiger partial charge in [-0.05, 0) is 43.4 Å². The molecule has 0 radical (unpaired) electrons. The van der Waals surface area contributed by atoms with Crippen LogP contribution in [-0.4, -0.2) is 0 Å². The van der Waals surface area contributed by atoms with Crippen LogP contribution in [0, 0.1) is 17.8 Å². The Morgan fingerprint density at radius 1 is 1.14 bits per heavy atom. The molecule has 0 heterocycles. The molecule has 0 heteroatoms. The normalized spacial score (nSPS) is 35.1. The number of hydrogen-bond donors (Lipinski definition) is 0. The number of rotatable bonds is 5. The Hall–Kier alpha value is -0.260. The Labute approximate surface area is 88.8 Å². The predicted octanol–water partition coefficient (Wildman–Crippen LogP) is 4.56. The van der Waals surface area contributed by atoms with Crippen molar-refractivity contribution in [1.29, 1.82) is 0 Å². The first-order chi connectivity index (χ1) is 6.90. The van der Waals surface area contributed by atoms with Crippen LogP contribution in [0.3, 0.4) is 0 Å². The molecule has 1 saturated carbocycles. The van der Waals surface area contributed by atoms with Gasteiger partial charge in [-0.15, -0.1) is 0 Å². The predicted molar refractivity (Wildman–Crippen MR) is 62.2 cm³/mol. The largest absolute Gasteiger partial charge is 0.0880 e. The van der Waals surface area contributed by atoms with E-state index >= 15 is 0 Å². The smallest absolute Gasteiger partial charge is 0.0202 e. The van der Waals surface area contributed by atoms with E-state index in [2.05, 4.69) is 19.1 Å². The number of allylic oxidation sites excluding steroid dienone is 2. The highest BCUT2D eigenvalue weighted by atomic mass is 14.4. The van der Waals surface area contributed by atoms with Gasteiger partial charge in [0.15, 0.2) is 0 Å². The molecule has 80 valence electrons. The molecule has 0 aromatic heterocycles. The van der Waals surface area contributed by atoms with E-state index < -0.39 is 0 Å². The van der Waals surface area contributed by atoms with Crippen molar-refractivity contribution >= 4 is 0 Å². The molecule has 0 aliphatic heterocycles. The minimum absolute atomic E-state index is 0.968. The third-order valence-corrected chi connectivity index (χ3v) is 4.13. The number of hydrogen-bond acceptors (Lipinski definition) is 0. The van der Waals surface area contributed by atoms with Crippen LogP contribution < -0.4 is 0 Å². The van der Waals surface area contributed by atoms with Crippen molar-refractivity contribution in [2.45, 2.75) is 58.3 Å². The molecule has 0 aromatic carbocycles. The van der Waals surface area contributed by atoms with Crippen LogP contribution in [0.4, 0.5) is 0 Å². The summed E-state index contributed by atoms with van der Waals surface area (Å²) < 4.78 is 0. The Morgan fingerprint density at radius 3 is 2.86 bits per heavy atom. The van der Waals surface area contributed by atoms with Gasteiger partial charge in [-0.2, -0.15) is 0 Å².